The van der Waals surface area contributed by atoms with Gasteiger partial charge in [0.1, 0.15) is 91.6 Å². The molecule has 4 fully saturated rings. The molecular weight excluding hydrogens is 812 g/mol. The molecule has 0 aliphatic carbocycles. The van der Waals surface area contributed by atoms with Gasteiger partial charge in [-0.2, -0.15) is 0 Å². The summed E-state index contributed by atoms with van der Waals surface area (Å²) in [6.45, 7) is 2.43. The molecule has 0 unspecified atom stereocenters. The number of ether oxygens (including phenoxy) is 8. The molecule has 24 nitrogen and oxygen atoms in total. The van der Waals surface area contributed by atoms with E-state index in [9.17, 15) is 71.2 Å². The first-order valence-corrected chi connectivity index (χ1v) is 20.4. The highest BCUT2D eigenvalue weighted by Gasteiger charge is 2.52. The van der Waals surface area contributed by atoms with Crippen LogP contribution in [0.3, 0.4) is 0 Å². The second-order valence-corrected chi connectivity index (χ2v) is 15.4. The van der Waals surface area contributed by atoms with Gasteiger partial charge in [0.15, 0.2) is 25.2 Å². The van der Waals surface area contributed by atoms with E-state index >= 15 is 0 Å². The first kappa shape index (κ1) is 51.2. The number of aliphatic hydroxyl groups is 13. The Morgan fingerprint density at radius 1 is 0.550 bits per heavy atom. The van der Waals surface area contributed by atoms with E-state index in [2.05, 4.69) is 5.32 Å². The lowest BCUT2D eigenvalue weighted by Crippen LogP contribution is -2.65. The Morgan fingerprint density at radius 3 is 1.62 bits per heavy atom. The van der Waals surface area contributed by atoms with Crippen LogP contribution in [0, 0.1) is 0 Å². The zero-order chi connectivity index (χ0) is 44.3. The molecule has 0 radical (unpaired) electrons. The van der Waals surface area contributed by atoms with Crippen LogP contribution >= 0.6 is 0 Å². The van der Waals surface area contributed by atoms with Crippen molar-refractivity contribution < 1.29 is 109 Å². The molecule has 0 saturated carbocycles. The Bertz CT molecular complexity index is 1240. The minimum Gasteiger partial charge on any atom is -0.394 e. The van der Waals surface area contributed by atoms with Crippen molar-refractivity contribution in [2.75, 3.05) is 59.2 Å². The van der Waals surface area contributed by atoms with Crippen molar-refractivity contribution in [3.63, 3.8) is 0 Å². The molecule has 4 saturated heterocycles. The Morgan fingerprint density at radius 2 is 1.05 bits per heavy atom. The van der Waals surface area contributed by atoms with Gasteiger partial charge < -0.3 is 110 Å². The summed E-state index contributed by atoms with van der Waals surface area (Å²) in [5.41, 5.74) is 0. The lowest BCUT2D eigenvalue weighted by molar-refractivity contribution is -0.366. The third-order valence-electron chi connectivity index (χ3n) is 11.0. The molecule has 4 aliphatic heterocycles. The summed E-state index contributed by atoms with van der Waals surface area (Å²) < 4.78 is 45.2. The van der Waals surface area contributed by atoms with E-state index in [0.717, 1.165) is 0 Å². The predicted octanol–water partition coefficient (Wildman–Crippen LogP) is -7.71. The smallest absolute Gasteiger partial charge is 0.219 e. The molecule has 0 aromatic carbocycles. The van der Waals surface area contributed by atoms with Crippen LogP contribution in [0.15, 0.2) is 0 Å². The predicted molar refractivity (Wildman–Crippen MR) is 197 cm³/mol. The molecule has 4 heterocycles. The van der Waals surface area contributed by atoms with Gasteiger partial charge in [0.25, 0.3) is 0 Å². The zero-order valence-corrected chi connectivity index (χ0v) is 33.7. The Labute approximate surface area is 346 Å². The number of nitrogens with zero attached hydrogens (tertiary/aromatic N) is 1. The quantitative estimate of drug-likeness (QED) is 0.0449. The van der Waals surface area contributed by atoms with Crippen molar-refractivity contribution in [3.05, 3.63) is 0 Å². The largest absolute Gasteiger partial charge is 0.394 e. The van der Waals surface area contributed by atoms with Crippen LogP contribution in [0.4, 0.5) is 0 Å². The minimum absolute atomic E-state index is 0.00269. The molecule has 1 amide bonds. The summed E-state index contributed by atoms with van der Waals surface area (Å²) >= 11 is 0. The number of rotatable bonds is 22. The molecule has 0 aromatic heterocycles. The van der Waals surface area contributed by atoms with E-state index in [-0.39, 0.29) is 32.2 Å². The fraction of sp³-hybridized carbons (Fsp3) is 0.972. The summed E-state index contributed by atoms with van der Waals surface area (Å²) in [6, 6.07) is 0. The molecule has 14 N–H and O–H groups in total. The second kappa shape index (κ2) is 24.6. The number of aliphatic hydroxyl groups excluding tert-OH is 13. The van der Waals surface area contributed by atoms with Crippen LogP contribution < -0.4 is 5.32 Å². The van der Waals surface area contributed by atoms with Crippen molar-refractivity contribution in [2.24, 2.45) is 0 Å². The van der Waals surface area contributed by atoms with Crippen LogP contribution in [0.25, 0.3) is 0 Å². The van der Waals surface area contributed by atoms with Gasteiger partial charge in [0.2, 0.25) is 5.91 Å². The van der Waals surface area contributed by atoms with E-state index < -0.39 is 143 Å². The molecule has 20 atom stereocenters. The fourth-order valence-corrected chi connectivity index (χ4v) is 7.23. The molecule has 4 rings (SSSR count). The molecular formula is C36H66N2O22. The maximum Gasteiger partial charge on any atom is 0.219 e. The maximum atomic E-state index is 11.9. The van der Waals surface area contributed by atoms with Gasteiger partial charge in [-0.05, 0) is 33.2 Å². The lowest BCUT2D eigenvalue weighted by Gasteiger charge is -2.46. The Hall–Kier alpha value is -1.41. The first-order valence-electron chi connectivity index (χ1n) is 20.4. The van der Waals surface area contributed by atoms with E-state index in [1.165, 1.54) is 6.92 Å². The van der Waals surface area contributed by atoms with Crippen LogP contribution in [0.2, 0.25) is 0 Å². The third-order valence-corrected chi connectivity index (χ3v) is 11.0. The zero-order valence-electron chi connectivity index (χ0n) is 33.7. The number of unbranched alkanes of at least 4 members (excludes halogenated alkanes) is 2. The lowest BCUT2D eigenvalue weighted by atomic mass is 9.96. The Balaban J connectivity index is 1.44. The summed E-state index contributed by atoms with van der Waals surface area (Å²) in [7, 11) is 0. The van der Waals surface area contributed by atoms with Gasteiger partial charge in [0, 0.05) is 26.1 Å². The van der Waals surface area contributed by atoms with Crippen LogP contribution in [-0.2, 0) is 42.7 Å². The maximum absolute atomic E-state index is 11.9. The van der Waals surface area contributed by atoms with Crippen molar-refractivity contribution in [2.45, 2.75) is 162 Å². The van der Waals surface area contributed by atoms with E-state index in [1.807, 2.05) is 11.8 Å². The standard InChI is InChI=1S/C36H66N2O22/c1-3-37-20(41)7-5-4-6-8-38(9-11-53-33-28(49)25(46)21(42)16(2)56-33)10-12-54-35-31(52)32(60-36-30(51)27(48)23(44)18(14-40)58-36)24(45)19(59-35)15-55-34-29(50)26(47)22(43)17(13-39)57-34/h16-19,21-36,39-40,42-52H,3-15H2,1-2H3,(H,37,41)/t16-,17+,18+,19+,21+,22+,23+,24+,25+,26-,27-,28-,29-,30-,31-,32-,33-,34-,35-,36+/m0/s1. The average Bonchev–Trinajstić information content (AvgIpc) is 3.23. The normalized spacial score (nSPS) is 42.7. The number of nitrogens with one attached hydrogen (secondary N) is 1. The minimum atomic E-state index is -1.92. The summed E-state index contributed by atoms with van der Waals surface area (Å²) in [5, 5.41) is 137. The molecule has 60 heavy (non-hydrogen) atoms. The molecule has 24 heteroatoms. The second-order valence-electron chi connectivity index (χ2n) is 15.4. The van der Waals surface area contributed by atoms with E-state index in [0.29, 0.717) is 38.8 Å². The fourth-order valence-electron chi connectivity index (χ4n) is 7.23. The highest BCUT2D eigenvalue weighted by Crippen LogP contribution is 2.31. The van der Waals surface area contributed by atoms with Crippen LogP contribution in [-0.4, -0.2) is 259 Å². The first-order chi connectivity index (χ1) is 28.5. The van der Waals surface area contributed by atoms with Crippen molar-refractivity contribution >= 4 is 5.91 Å². The molecule has 0 aromatic rings. The van der Waals surface area contributed by atoms with Crippen LogP contribution in [0.1, 0.15) is 39.5 Å². The van der Waals surface area contributed by atoms with Gasteiger partial charge >= 0.3 is 0 Å². The van der Waals surface area contributed by atoms with Crippen LogP contribution in [0.5, 0.6) is 0 Å². The number of carbonyl (C=O) groups is 1. The number of carbonyl (C=O) groups excluding carboxylic acids is 1. The monoisotopic (exact) mass is 878 g/mol. The number of amides is 1. The van der Waals surface area contributed by atoms with Gasteiger partial charge in [0.05, 0.1) is 39.1 Å². The SMILES string of the molecule is CCNC(=O)CCCCCN(CCO[C@H]1O[C@@H](C)[C@@H](O)[C@@H](O)[C@@H]1O)CCO[C@H]1O[C@H](CO[C@H]2O[C@H](CO)[C@@H](O)[C@H](O)[C@@H]2O)[C@@H](O)[C@H](O[C@H]2O[C@H](CO)[C@@H](O)[C@H](O)[C@@H]2O)[C@@H]1O. The van der Waals surface area contributed by atoms with Crippen molar-refractivity contribution in [1.29, 1.82) is 0 Å². The summed E-state index contributed by atoms with van der Waals surface area (Å²) in [6.07, 6.45) is -29.4. The molecule has 0 bridgehead atoms. The highest BCUT2D eigenvalue weighted by molar-refractivity contribution is 5.75. The summed E-state index contributed by atoms with van der Waals surface area (Å²) in [4.78, 5) is 13.8. The van der Waals surface area contributed by atoms with Gasteiger partial charge in [-0.3, -0.25) is 9.69 Å². The average molecular weight is 879 g/mol. The third kappa shape index (κ3) is 13.3. The number of hydrogen-bond acceptors (Lipinski definition) is 23. The van der Waals surface area contributed by atoms with Gasteiger partial charge in [-0.1, -0.05) is 6.42 Å². The molecule has 352 valence electrons. The molecule has 0 spiro atoms. The highest BCUT2D eigenvalue weighted by atomic mass is 16.8. The molecule has 4 aliphatic rings. The number of hydrogen-bond donors (Lipinski definition) is 14. The summed E-state index contributed by atoms with van der Waals surface area (Å²) in [5.74, 6) is -0.0643. The van der Waals surface area contributed by atoms with Gasteiger partial charge in [-0.15, -0.1) is 0 Å². The Kier molecular flexibility index (Phi) is 21.0. The van der Waals surface area contributed by atoms with Crippen molar-refractivity contribution in [1.82, 2.24) is 10.2 Å². The van der Waals surface area contributed by atoms with E-state index in [1.54, 1.807) is 0 Å². The van der Waals surface area contributed by atoms with Crippen molar-refractivity contribution in [3.8, 4) is 0 Å². The topological polar surface area (TPSA) is 369 Å². The van der Waals surface area contributed by atoms with E-state index in [4.69, 9.17) is 37.9 Å². The van der Waals surface area contributed by atoms with Gasteiger partial charge in [-0.25, -0.2) is 0 Å².